The number of nitrogens with zero attached hydrogens (tertiary/aromatic N) is 2. The minimum atomic E-state index is 0.0166. The first-order valence-electron chi connectivity index (χ1n) is 7.92. The number of benzene rings is 1. The van der Waals surface area contributed by atoms with E-state index in [0.717, 1.165) is 24.2 Å². The van der Waals surface area contributed by atoms with Crippen LogP contribution in [0, 0.1) is 0 Å². The highest BCUT2D eigenvalue weighted by atomic mass is 16.5. The van der Waals surface area contributed by atoms with Crippen molar-refractivity contribution >= 4 is 5.91 Å². The maximum Gasteiger partial charge on any atom is 0.227 e. The lowest BCUT2D eigenvalue weighted by Gasteiger charge is -2.13. The zero-order valence-corrected chi connectivity index (χ0v) is 13.8. The van der Waals surface area contributed by atoms with E-state index in [1.165, 1.54) is 0 Å². The summed E-state index contributed by atoms with van der Waals surface area (Å²) in [6.45, 7) is 4.13. The first-order valence-corrected chi connectivity index (χ1v) is 7.92. The highest BCUT2D eigenvalue weighted by Gasteiger charge is 2.12. The van der Waals surface area contributed by atoms with E-state index >= 15 is 0 Å². The molecule has 6 heteroatoms. The Bertz CT molecular complexity index is 618. The van der Waals surface area contributed by atoms with Gasteiger partial charge in [0.15, 0.2) is 0 Å². The Morgan fingerprint density at radius 2 is 1.96 bits per heavy atom. The van der Waals surface area contributed by atoms with Crippen molar-refractivity contribution in [1.82, 2.24) is 15.5 Å². The first-order chi connectivity index (χ1) is 11.2. The van der Waals surface area contributed by atoms with Crippen LogP contribution in [0.4, 0.5) is 0 Å². The number of aromatic nitrogens is 2. The van der Waals surface area contributed by atoms with Gasteiger partial charge in [-0.05, 0) is 37.1 Å². The summed E-state index contributed by atoms with van der Waals surface area (Å²) in [7, 11) is 1.62. The summed E-state index contributed by atoms with van der Waals surface area (Å²) in [6.07, 6.45) is 2.66. The minimum Gasteiger partial charge on any atom is -0.497 e. The molecular formula is C17H23N3O3. The van der Waals surface area contributed by atoms with Gasteiger partial charge in [0.2, 0.25) is 17.6 Å². The molecule has 0 radical (unpaired) electrons. The topological polar surface area (TPSA) is 77.2 Å². The Balaban J connectivity index is 1.90. The number of rotatable bonds is 8. The molecule has 0 unspecified atom stereocenters. The summed E-state index contributed by atoms with van der Waals surface area (Å²) in [5, 5.41) is 6.95. The van der Waals surface area contributed by atoms with E-state index in [4.69, 9.17) is 9.26 Å². The molecule has 2 aromatic rings. The van der Waals surface area contributed by atoms with Gasteiger partial charge in [-0.1, -0.05) is 19.0 Å². The van der Waals surface area contributed by atoms with Gasteiger partial charge in [-0.15, -0.1) is 0 Å². The molecule has 0 bridgehead atoms. The van der Waals surface area contributed by atoms with Crippen LogP contribution in [0.2, 0.25) is 0 Å². The molecule has 1 aromatic heterocycles. The Hall–Kier alpha value is -2.37. The fourth-order valence-corrected chi connectivity index (χ4v) is 2.23. The van der Waals surface area contributed by atoms with Crippen LogP contribution < -0.4 is 10.1 Å². The van der Waals surface area contributed by atoms with E-state index in [2.05, 4.69) is 29.3 Å². The van der Waals surface area contributed by atoms with Crippen LogP contribution in [-0.4, -0.2) is 29.2 Å². The molecular weight excluding hydrogens is 294 g/mol. The number of hydrogen-bond acceptors (Lipinski definition) is 5. The van der Waals surface area contributed by atoms with Crippen molar-refractivity contribution in [2.45, 2.75) is 45.6 Å². The molecule has 1 aromatic carbocycles. The molecule has 124 valence electrons. The fourth-order valence-electron chi connectivity index (χ4n) is 2.23. The van der Waals surface area contributed by atoms with Crippen molar-refractivity contribution in [3.05, 3.63) is 30.2 Å². The van der Waals surface area contributed by atoms with Gasteiger partial charge in [-0.2, -0.15) is 4.98 Å². The van der Waals surface area contributed by atoms with E-state index in [1.807, 2.05) is 24.3 Å². The maximum atomic E-state index is 11.9. The third-order valence-electron chi connectivity index (χ3n) is 3.73. The van der Waals surface area contributed by atoms with Crippen molar-refractivity contribution < 1.29 is 14.1 Å². The van der Waals surface area contributed by atoms with Crippen molar-refractivity contribution in [2.75, 3.05) is 7.11 Å². The second kappa shape index (κ2) is 8.31. The standard InChI is InChI=1S/C17H23N3O3/c1-4-13(5-2)18-15(21)10-11-16-19-17(20-23-16)12-6-8-14(22-3)9-7-12/h6-9,13H,4-5,10-11H2,1-3H3,(H,18,21). The molecule has 1 heterocycles. The summed E-state index contributed by atoms with van der Waals surface area (Å²) < 4.78 is 10.3. The normalized spacial score (nSPS) is 10.8. The Labute approximate surface area is 136 Å². The number of amides is 1. The smallest absolute Gasteiger partial charge is 0.227 e. The largest absolute Gasteiger partial charge is 0.497 e. The minimum absolute atomic E-state index is 0.0166. The fraction of sp³-hybridized carbons (Fsp3) is 0.471. The van der Waals surface area contributed by atoms with Gasteiger partial charge in [-0.25, -0.2) is 0 Å². The zero-order valence-electron chi connectivity index (χ0n) is 13.8. The second-order valence-corrected chi connectivity index (χ2v) is 5.32. The highest BCUT2D eigenvalue weighted by Crippen LogP contribution is 2.19. The molecule has 0 atom stereocenters. The molecule has 0 spiro atoms. The lowest BCUT2D eigenvalue weighted by molar-refractivity contribution is -0.121. The summed E-state index contributed by atoms with van der Waals surface area (Å²) in [5.74, 6) is 1.78. The molecule has 0 aliphatic heterocycles. The van der Waals surface area contributed by atoms with Crippen LogP contribution in [0.25, 0.3) is 11.4 Å². The summed E-state index contributed by atoms with van der Waals surface area (Å²) in [5.41, 5.74) is 0.849. The van der Waals surface area contributed by atoms with Crippen LogP contribution in [-0.2, 0) is 11.2 Å². The van der Waals surface area contributed by atoms with Crippen molar-refractivity contribution in [3.8, 4) is 17.1 Å². The van der Waals surface area contributed by atoms with E-state index in [0.29, 0.717) is 24.6 Å². The first kappa shape index (κ1) is 17.0. The van der Waals surface area contributed by atoms with Crippen LogP contribution >= 0.6 is 0 Å². The SMILES string of the molecule is CCC(CC)NC(=O)CCc1nc(-c2ccc(OC)cc2)no1. The monoisotopic (exact) mass is 317 g/mol. The van der Waals surface area contributed by atoms with Gasteiger partial charge in [-0.3, -0.25) is 4.79 Å². The lowest BCUT2D eigenvalue weighted by atomic mass is 10.1. The number of carbonyl (C=O) groups excluding carboxylic acids is 1. The van der Waals surface area contributed by atoms with Gasteiger partial charge in [0.25, 0.3) is 0 Å². The van der Waals surface area contributed by atoms with E-state index in [9.17, 15) is 4.79 Å². The van der Waals surface area contributed by atoms with Crippen LogP contribution in [0.1, 0.15) is 39.0 Å². The molecule has 23 heavy (non-hydrogen) atoms. The van der Waals surface area contributed by atoms with Gasteiger partial charge >= 0.3 is 0 Å². The van der Waals surface area contributed by atoms with Crippen molar-refractivity contribution in [3.63, 3.8) is 0 Å². The third kappa shape index (κ3) is 4.81. The number of hydrogen-bond donors (Lipinski definition) is 1. The molecule has 0 aliphatic rings. The number of nitrogens with one attached hydrogen (secondary N) is 1. The predicted octanol–water partition coefficient (Wildman–Crippen LogP) is 2.98. The highest BCUT2D eigenvalue weighted by molar-refractivity contribution is 5.76. The summed E-state index contributed by atoms with van der Waals surface area (Å²) >= 11 is 0. The van der Waals surface area contributed by atoms with Gasteiger partial charge < -0.3 is 14.6 Å². The second-order valence-electron chi connectivity index (χ2n) is 5.32. The Kier molecular flexibility index (Phi) is 6.14. The Morgan fingerprint density at radius 3 is 2.57 bits per heavy atom. The molecule has 1 N–H and O–H groups in total. The van der Waals surface area contributed by atoms with Crippen molar-refractivity contribution in [2.24, 2.45) is 0 Å². The predicted molar refractivity (Wildman–Crippen MR) is 87.1 cm³/mol. The van der Waals surface area contributed by atoms with Gasteiger partial charge in [0.1, 0.15) is 5.75 Å². The molecule has 2 rings (SSSR count). The van der Waals surface area contributed by atoms with E-state index in [-0.39, 0.29) is 11.9 Å². The average Bonchev–Trinajstić information content (AvgIpc) is 3.07. The van der Waals surface area contributed by atoms with E-state index < -0.39 is 0 Å². The lowest BCUT2D eigenvalue weighted by Crippen LogP contribution is -2.33. The Morgan fingerprint density at radius 1 is 1.26 bits per heavy atom. The average molecular weight is 317 g/mol. The molecule has 0 saturated heterocycles. The summed E-state index contributed by atoms with van der Waals surface area (Å²) in [6, 6.07) is 7.66. The van der Waals surface area contributed by atoms with Crippen LogP contribution in [0.15, 0.2) is 28.8 Å². The number of carbonyl (C=O) groups is 1. The maximum absolute atomic E-state index is 11.9. The third-order valence-corrected chi connectivity index (χ3v) is 3.73. The molecule has 1 amide bonds. The zero-order chi connectivity index (χ0) is 16.7. The van der Waals surface area contributed by atoms with Gasteiger partial charge in [0, 0.05) is 24.4 Å². The quantitative estimate of drug-likeness (QED) is 0.810. The molecule has 6 nitrogen and oxygen atoms in total. The van der Waals surface area contributed by atoms with Crippen molar-refractivity contribution in [1.29, 1.82) is 0 Å². The number of methoxy groups -OCH3 is 1. The van der Waals surface area contributed by atoms with Crippen LogP contribution in [0.3, 0.4) is 0 Å². The molecule has 0 fully saturated rings. The number of aryl methyl sites for hydroxylation is 1. The molecule has 0 aliphatic carbocycles. The van der Waals surface area contributed by atoms with Gasteiger partial charge in [0.05, 0.1) is 7.11 Å². The van der Waals surface area contributed by atoms with E-state index in [1.54, 1.807) is 7.11 Å². The number of ether oxygens (including phenoxy) is 1. The summed E-state index contributed by atoms with van der Waals surface area (Å²) in [4.78, 5) is 16.2. The molecule has 0 saturated carbocycles. The van der Waals surface area contributed by atoms with Crippen LogP contribution in [0.5, 0.6) is 5.75 Å².